The van der Waals surface area contributed by atoms with Crippen molar-refractivity contribution in [3.8, 4) is 0 Å². The van der Waals surface area contributed by atoms with Crippen LogP contribution in [0.25, 0.3) is 0 Å². The highest BCUT2D eigenvalue weighted by Gasteiger charge is 2.14. The van der Waals surface area contributed by atoms with Gasteiger partial charge in [0.2, 0.25) is 5.91 Å². The van der Waals surface area contributed by atoms with Crippen LogP contribution in [0.2, 0.25) is 10.0 Å². The van der Waals surface area contributed by atoms with E-state index in [1.54, 1.807) is 6.92 Å². The van der Waals surface area contributed by atoms with Crippen LogP contribution in [0.4, 0.5) is 10.1 Å². The second-order valence-electron chi connectivity index (χ2n) is 3.72. The van der Waals surface area contributed by atoms with Gasteiger partial charge < -0.3 is 11.1 Å². The van der Waals surface area contributed by atoms with E-state index in [-0.39, 0.29) is 21.9 Å². The molecule has 3 nitrogen and oxygen atoms in total. The van der Waals surface area contributed by atoms with E-state index in [0.717, 1.165) is 0 Å². The van der Waals surface area contributed by atoms with Crippen LogP contribution in [-0.4, -0.2) is 12.5 Å². The number of amides is 1. The fourth-order valence-electron chi connectivity index (χ4n) is 1.27. The van der Waals surface area contributed by atoms with Gasteiger partial charge in [0.1, 0.15) is 0 Å². The van der Waals surface area contributed by atoms with Gasteiger partial charge in [-0.05, 0) is 25.1 Å². The third-order valence-electron chi connectivity index (χ3n) is 2.30. The molecule has 0 aliphatic carbocycles. The molecule has 1 atom stereocenters. The molecule has 0 aromatic heterocycles. The van der Waals surface area contributed by atoms with E-state index >= 15 is 0 Å². The molecule has 1 unspecified atom stereocenters. The van der Waals surface area contributed by atoms with E-state index in [4.69, 9.17) is 28.9 Å². The second-order valence-corrected chi connectivity index (χ2v) is 4.54. The van der Waals surface area contributed by atoms with Crippen LogP contribution in [-0.2, 0) is 4.79 Å². The van der Waals surface area contributed by atoms with Crippen molar-refractivity contribution in [3.63, 3.8) is 0 Å². The zero-order valence-corrected chi connectivity index (χ0v) is 10.8. The highest BCUT2D eigenvalue weighted by Crippen LogP contribution is 2.27. The zero-order valence-electron chi connectivity index (χ0n) is 9.27. The molecule has 0 aliphatic rings. The van der Waals surface area contributed by atoms with Crippen LogP contribution in [0.3, 0.4) is 0 Å². The topological polar surface area (TPSA) is 55.1 Å². The predicted octanol–water partition coefficient (Wildman–Crippen LogP) is 3.06. The summed E-state index contributed by atoms with van der Waals surface area (Å²) in [6, 6.07) is 2.63. The van der Waals surface area contributed by atoms with Gasteiger partial charge in [-0.1, -0.05) is 30.1 Å². The molecule has 94 valence electrons. The molecule has 0 aliphatic heterocycles. The number of rotatable bonds is 4. The number of anilines is 1. The van der Waals surface area contributed by atoms with Gasteiger partial charge in [0.15, 0.2) is 5.82 Å². The number of carbonyl (C=O) groups excluding carboxylic acids is 1. The standard InChI is InChI=1S/C11H13Cl2FN2O/c1-6(2-3-15)11(17)16-7-4-8(12)10(14)9(13)5-7/h4-6H,2-3,15H2,1H3,(H,16,17). The van der Waals surface area contributed by atoms with Crippen molar-refractivity contribution < 1.29 is 9.18 Å². The first-order valence-corrected chi connectivity index (χ1v) is 5.86. The maximum Gasteiger partial charge on any atom is 0.227 e. The van der Waals surface area contributed by atoms with Crippen molar-refractivity contribution in [2.24, 2.45) is 11.7 Å². The minimum Gasteiger partial charge on any atom is -0.330 e. The lowest BCUT2D eigenvalue weighted by Crippen LogP contribution is -2.22. The van der Waals surface area contributed by atoms with E-state index in [2.05, 4.69) is 5.32 Å². The smallest absolute Gasteiger partial charge is 0.227 e. The highest BCUT2D eigenvalue weighted by atomic mass is 35.5. The largest absolute Gasteiger partial charge is 0.330 e. The van der Waals surface area contributed by atoms with Crippen LogP contribution < -0.4 is 11.1 Å². The van der Waals surface area contributed by atoms with E-state index in [1.165, 1.54) is 12.1 Å². The number of nitrogens with one attached hydrogen (secondary N) is 1. The van der Waals surface area contributed by atoms with Crippen molar-refractivity contribution in [1.29, 1.82) is 0 Å². The Morgan fingerprint density at radius 3 is 2.47 bits per heavy atom. The lowest BCUT2D eigenvalue weighted by atomic mass is 10.1. The van der Waals surface area contributed by atoms with Crippen LogP contribution >= 0.6 is 23.2 Å². The fourth-order valence-corrected chi connectivity index (χ4v) is 1.76. The summed E-state index contributed by atoms with van der Waals surface area (Å²) in [5, 5.41) is 2.35. The van der Waals surface area contributed by atoms with Gasteiger partial charge in [-0.2, -0.15) is 0 Å². The Morgan fingerprint density at radius 2 is 2.00 bits per heavy atom. The average molecular weight is 279 g/mol. The molecule has 0 bridgehead atoms. The van der Waals surface area contributed by atoms with E-state index in [0.29, 0.717) is 18.7 Å². The SMILES string of the molecule is CC(CCN)C(=O)Nc1cc(Cl)c(F)c(Cl)c1. The highest BCUT2D eigenvalue weighted by molar-refractivity contribution is 6.35. The summed E-state index contributed by atoms with van der Waals surface area (Å²) < 4.78 is 13.1. The molecular weight excluding hydrogens is 266 g/mol. The lowest BCUT2D eigenvalue weighted by Gasteiger charge is -2.11. The van der Waals surface area contributed by atoms with Crippen LogP contribution in [0.5, 0.6) is 0 Å². The number of nitrogens with two attached hydrogens (primary N) is 1. The molecule has 0 saturated heterocycles. The van der Waals surface area contributed by atoms with Crippen molar-refractivity contribution in [2.75, 3.05) is 11.9 Å². The Bertz CT molecular complexity index is 403. The summed E-state index contributed by atoms with van der Waals surface area (Å²) in [6.07, 6.45) is 0.578. The Hall–Kier alpha value is -0.840. The maximum atomic E-state index is 13.1. The Balaban J connectivity index is 2.79. The minimum absolute atomic E-state index is 0.126. The molecule has 0 saturated carbocycles. The first-order chi connectivity index (χ1) is 7.95. The second kappa shape index (κ2) is 6.19. The van der Waals surface area contributed by atoms with E-state index in [1.807, 2.05) is 0 Å². The van der Waals surface area contributed by atoms with E-state index in [9.17, 15) is 9.18 Å². The van der Waals surface area contributed by atoms with Crippen molar-refractivity contribution in [2.45, 2.75) is 13.3 Å². The van der Waals surface area contributed by atoms with Crippen LogP contribution in [0.1, 0.15) is 13.3 Å². The van der Waals surface area contributed by atoms with Gasteiger partial charge in [-0.15, -0.1) is 0 Å². The summed E-state index contributed by atoms with van der Waals surface area (Å²) in [7, 11) is 0. The molecule has 6 heteroatoms. The molecule has 1 aromatic carbocycles. The third-order valence-corrected chi connectivity index (χ3v) is 2.85. The molecule has 17 heavy (non-hydrogen) atoms. The van der Waals surface area contributed by atoms with Gasteiger partial charge in [0, 0.05) is 11.6 Å². The Morgan fingerprint density at radius 1 is 1.47 bits per heavy atom. The Labute approximate surface area is 109 Å². The third kappa shape index (κ3) is 3.84. The van der Waals surface area contributed by atoms with E-state index < -0.39 is 5.82 Å². The molecule has 1 amide bonds. The number of benzene rings is 1. The maximum absolute atomic E-state index is 13.1. The van der Waals surface area contributed by atoms with Crippen molar-refractivity contribution in [3.05, 3.63) is 28.0 Å². The molecule has 0 radical (unpaired) electrons. The molecule has 1 rings (SSSR count). The average Bonchev–Trinajstić information content (AvgIpc) is 2.26. The summed E-state index contributed by atoms with van der Waals surface area (Å²) in [5.74, 6) is -1.11. The first-order valence-electron chi connectivity index (χ1n) is 5.11. The first kappa shape index (κ1) is 14.2. The molecule has 0 fully saturated rings. The van der Waals surface area contributed by atoms with Gasteiger partial charge in [0.05, 0.1) is 10.0 Å². The van der Waals surface area contributed by atoms with Crippen molar-refractivity contribution >= 4 is 34.8 Å². The number of halogens is 3. The fraction of sp³-hybridized carbons (Fsp3) is 0.364. The molecule has 3 N–H and O–H groups in total. The number of hydrogen-bond acceptors (Lipinski definition) is 2. The molecule has 0 heterocycles. The number of hydrogen-bond donors (Lipinski definition) is 2. The normalized spacial score (nSPS) is 12.3. The Kier molecular flexibility index (Phi) is 5.18. The van der Waals surface area contributed by atoms with Crippen molar-refractivity contribution in [1.82, 2.24) is 0 Å². The van der Waals surface area contributed by atoms with Crippen LogP contribution in [0.15, 0.2) is 12.1 Å². The lowest BCUT2D eigenvalue weighted by molar-refractivity contribution is -0.119. The molecular formula is C11H13Cl2FN2O. The molecule has 1 aromatic rings. The summed E-state index contributed by atoms with van der Waals surface area (Å²) >= 11 is 11.2. The van der Waals surface area contributed by atoms with Crippen LogP contribution in [0, 0.1) is 11.7 Å². The summed E-state index contributed by atoms with van der Waals surface area (Å²) in [6.45, 7) is 2.19. The molecule has 0 spiro atoms. The monoisotopic (exact) mass is 278 g/mol. The summed E-state index contributed by atoms with van der Waals surface area (Å²) in [5.41, 5.74) is 5.73. The van der Waals surface area contributed by atoms with Gasteiger partial charge in [-0.3, -0.25) is 4.79 Å². The van der Waals surface area contributed by atoms with Gasteiger partial charge >= 0.3 is 0 Å². The van der Waals surface area contributed by atoms with Gasteiger partial charge in [0.25, 0.3) is 0 Å². The summed E-state index contributed by atoms with van der Waals surface area (Å²) in [4.78, 5) is 11.7. The quantitative estimate of drug-likeness (QED) is 0.832. The number of carbonyl (C=O) groups is 1. The minimum atomic E-state index is -0.693. The zero-order chi connectivity index (χ0) is 13.0. The van der Waals surface area contributed by atoms with Gasteiger partial charge in [-0.25, -0.2) is 4.39 Å². The predicted molar refractivity (Wildman–Crippen MR) is 67.9 cm³/mol.